The summed E-state index contributed by atoms with van der Waals surface area (Å²) >= 11 is 6.16. The maximum absolute atomic E-state index is 13.3. The molecule has 172 valence electrons. The van der Waals surface area contributed by atoms with Gasteiger partial charge in [0.15, 0.2) is 0 Å². The summed E-state index contributed by atoms with van der Waals surface area (Å²) < 4.78 is 39.8. The van der Waals surface area contributed by atoms with Crippen LogP contribution in [0.2, 0.25) is 5.02 Å². The molecule has 4 nitrogen and oxygen atoms in total. The Bertz CT molecular complexity index is 967. The monoisotopic (exact) mass is 465 g/mol. The zero-order chi connectivity index (χ0) is 22.9. The lowest BCUT2D eigenvalue weighted by molar-refractivity contribution is -0.138. The van der Waals surface area contributed by atoms with Crippen molar-refractivity contribution in [1.82, 2.24) is 9.80 Å². The van der Waals surface area contributed by atoms with Crippen molar-refractivity contribution < 1.29 is 18.0 Å². The number of likely N-dealkylation sites (tertiary alicyclic amines) is 2. The molecule has 0 aliphatic carbocycles. The minimum atomic E-state index is -4.53. The molecule has 0 bridgehead atoms. The Morgan fingerprint density at radius 3 is 2.44 bits per heavy atom. The molecule has 0 aromatic heterocycles. The van der Waals surface area contributed by atoms with E-state index < -0.39 is 17.6 Å². The number of anilines is 1. The van der Waals surface area contributed by atoms with E-state index in [1.54, 1.807) is 4.90 Å². The van der Waals surface area contributed by atoms with Gasteiger partial charge < -0.3 is 15.1 Å². The van der Waals surface area contributed by atoms with Gasteiger partial charge in [0.05, 0.1) is 11.1 Å². The number of amides is 1. The smallest absolute Gasteiger partial charge is 0.385 e. The van der Waals surface area contributed by atoms with E-state index in [-0.39, 0.29) is 5.56 Å². The van der Waals surface area contributed by atoms with Gasteiger partial charge in [-0.25, -0.2) is 0 Å². The van der Waals surface area contributed by atoms with Crippen molar-refractivity contribution in [3.63, 3.8) is 0 Å². The lowest BCUT2D eigenvalue weighted by Crippen LogP contribution is -2.34. The first-order valence-electron chi connectivity index (χ1n) is 10.9. The van der Waals surface area contributed by atoms with Crippen LogP contribution in [0.1, 0.15) is 27.9 Å². The van der Waals surface area contributed by atoms with Gasteiger partial charge in [-0.1, -0.05) is 29.8 Å². The van der Waals surface area contributed by atoms with E-state index in [9.17, 15) is 18.0 Å². The van der Waals surface area contributed by atoms with Crippen molar-refractivity contribution in [2.24, 2.45) is 11.8 Å². The summed E-state index contributed by atoms with van der Waals surface area (Å²) in [6, 6.07) is 11.0. The summed E-state index contributed by atoms with van der Waals surface area (Å²) in [6.45, 7) is 6.56. The number of aryl methyl sites for hydroxylation is 1. The highest BCUT2D eigenvalue weighted by Gasteiger charge is 2.43. The zero-order valence-corrected chi connectivity index (χ0v) is 18.7. The van der Waals surface area contributed by atoms with Crippen LogP contribution < -0.4 is 5.32 Å². The first kappa shape index (κ1) is 22.9. The van der Waals surface area contributed by atoms with E-state index in [2.05, 4.69) is 10.2 Å². The van der Waals surface area contributed by atoms with Crippen molar-refractivity contribution in [3.05, 3.63) is 64.2 Å². The second kappa shape index (κ2) is 9.32. The highest BCUT2D eigenvalue weighted by molar-refractivity contribution is 6.31. The van der Waals surface area contributed by atoms with E-state index in [0.29, 0.717) is 24.9 Å². The van der Waals surface area contributed by atoms with Gasteiger partial charge in [0.1, 0.15) is 0 Å². The highest BCUT2D eigenvalue weighted by Crippen LogP contribution is 2.35. The Morgan fingerprint density at radius 2 is 1.78 bits per heavy atom. The van der Waals surface area contributed by atoms with Crippen molar-refractivity contribution in [1.29, 1.82) is 0 Å². The zero-order valence-electron chi connectivity index (χ0n) is 18.0. The van der Waals surface area contributed by atoms with E-state index in [0.717, 1.165) is 54.9 Å². The molecule has 2 unspecified atom stereocenters. The molecule has 1 N–H and O–H groups in total. The fourth-order valence-electron chi connectivity index (χ4n) is 4.76. The number of hydrogen-bond acceptors (Lipinski definition) is 3. The van der Waals surface area contributed by atoms with Crippen molar-refractivity contribution in [3.8, 4) is 0 Å². The average molecular weight is 466 g/mol. The van der Waals surface area contributed by atoms with Gasteiger partial charge in [0.25, 0.3) is 5.91 Å². The maximum Gasteiger partial charge on any atom is 0.417 e. The van der Waals surface area contributed by atoms with Gasteiger partial charge in [-0.2, -0.15) is 13.2 Å². The van der Waals surface area contributed by atoms with Crippen molar-refractivity contribution in [2.45, 2.75) is 19.5 Å². The predicted molar refractivity (Wildman–Crippen MR) is 120 cm³/mol. The molecule has 2 aliphatic heterocycles. The van der Waals surface area contributed by atoms with E-state index in [4.69, 9.17) is 11.6 Å². The molecule has 1 amide bonds. The van der Waals surface area contributed by atoms with E-state index in [1.807, 2.05) is 25.1 Å². The molecule has 2 aliphatic rings. The number of nitrogens with one attached hydrogen (secondary N) is 1. The largest absolute Gasteiger partial charge is 0.417 e. The number of carbonyl (C=O) groups is 1. The number of hydrogen-bond donors (Lipinski definition) is 1. The van der Waals surface area contributed by atoms with Crippen LogP contribution in [0.15, 0.2) is 42.5 Å². The molecule has 2 atom stereocenters. The van der Waals surface area contributed by atoms with Gasteiger partial charge >= 0.3 is 6.18 Å². The summed E-state index contributed by atoms with van der Waals surface area (Å²) in [5.74, 6) is 0.126. The van der Waals surface area contributed by atoms with E-state index >= 15 is 0 Å². The maximum atomic E-state index is 13.3. The molecule has 2 heterocycles. The topological polar surface area (TPSA) is 35.6 Å². The SMILES string of the molecule is Cc1ccc(NCCCN2CC3CN(C(=O)c4ccccc4C(F)(F)F)CC3C2)cc1Cl. The Labute approximate surface area is 191 Å². The summed E-state index contributed by atoms with van der Waals surface area (Å²) in [7, 11) is 0. The van der Waals surface area contributed by atoms with Crippen LogP contribution in [0.25, 0.3) is 0 Å². The quantitative estimate of drug-likeness (QED) is 0.597. The molecular formula is C24H27ClF3N3O. The molecule has 32 heavy (non-hydrogen) atoms. The van der Waals surface area contributed by atoms with Gasteiger partial charge in [-0.15, -0.1) is 0 Å². The predicted octanol–water partition coefficient (Wildman–Crippen LogP) is 5.17. The van der Waals surface area contributed by atoms with E-state index in [1.165, 1.54) is 18.2 Å². The highest BCUT2D eigenvalue weighted by atomic mass is 35.5. The fourth-order valence-corrected chi connectivity index (χ4v) is 4.94. The number of halogens is 4. The molecule has 2 aromatic carbocycles. The van der Waals surface area contributed by atoms with Crippen LogP contribution in [0.3, 0.4) is 0 Å². The second-order valence-corrected chi connectivity index (χ2v) is 9.18. The summed E-state index contributed by atoms with van der Waals surface area (Å²) in [5.41, 5.74) is 0.951. The molecule has 4 rings (SSSR count). The van der Waals surface area contributed by atoms with Gasteiger partial charge in [-0.3, -0.25) is 4.79 Å². The van der Waals surface area contributed by atoms with Crippen LogP contribution >= 0.6 is 11.6 Å². The third-order valence-corrected chi connectivity index (χ3v) is 6.87. The minimum Gasteiger partial charge on any atom is -0.385 e. The molecule has 8 heteroatoms. The molecule has 2 fully saturated rings. The summed E-state index contributed by atoms with van der Waals surface area (Å²) in [6.07, 6.45) is -3.55. The number of carbonyl (C=O) groups excluding carboxylic acids is 1. The normalized spacial score (nSPS) is 21.1. The van der Waals surface area contributed by atoms with Crippen LogP contribution in [0.5, 0.6) is 0 Å². The minimum absolute atomic E-state index is 0.251. The van der Waals surface area contributed by atoms with Crippen molar-refractivity contribution >= 4 is 23.2 Å². The van der Waals surface area contributed by atoms with Crippen LogP contribution in [-0.2, 0) is 6.18 Å². The lowest BCUT2D eigenvalue weighted by atomic mass is 10.0. The molecule has 0 saturated carbocycles. The summed E-state index contributed by atoms with van der Waals surface area (Å²) in [4.78, 5) is 16.8. The van der Waals surface area contributed by atoms with Crippen LogP contribution in [0, 0.1) is 18.8 Å². The average Bonchev–Trinajstić information content (AvgIpc) is 3.31. The Morgan fingerprint density at radius 1 is 1.09 bits per heavy atom. The molecule has 0 radical (unpaired) electrons. The molecule has 2 aromatic rings. The Kier molecular flexibility index (Phi) is 6.67. The van der Waals surface area contributed by atoms with Gasteiger partial charge in [0, 0.05) is 43.4 Å². The van der Waals surface area contributed by atoms with Crippen LogP contribution in [-0.4, -0.2) is 55.0 Å². The first-order valence-corrected chi connectivity index (χ1v) is 11.3. The third kappa shape index (κ3) is 5.04. The Balaban J connectivity index is 1.25. The number of alkyl halides is 3. The Hall–Kier alpha value is -2.25. The van der Waals surface area contributed by atoms with Crippen molar-refractivity contribution in [2.75, 3.05) is 44.6 Å². The first-order chi connectivity index (χ1) is 15.2. The molecular weight excluding hydrogens is 439 g/mol. The third-order valence-electron chi connectivity index (χ3n) is 6.46. The standard InChI is InChI=1S/C24H27ClF3N3O/c1-16-7-8-19(11-22(16)25)29-9-4-10-30-12-17-14-31(15-18(17)13-30)23(32)20-5-2-3-6-21(20)24(26,27)28/h2-3,5-8,11,17-18,29H,4,9-10,12-15H2,1H3. The van der Waals surface area contributed by atoms with Gasteiger partial charge in [0.2, 0.25) is 0 Å². The summed E-state index contributed by atoms with van der Waals surface area (Å²) in [5, 5.41) is 4.14. The number of fused-ring (bicyclic) bond motifs is 1. The van der Waals surface area contributed by atoms with Crippen LogP contribution in [0.4, 0.5) is 18.9 Å². The number of nitrogens with zero attached hydrogens (tertiary/aromatic N) is 2. The fraction of sp³-hybridized carbons (Fsp3) is 0.458. The lowest BCUT2D eigenvalue weighted by Gasteiger charge is -2.23. The molecule has 2 saturated heterocycles. The molecule has 0 spiro atoms. The number of rotatable bonds is 6. The van der Waals surface area contributed by atoms with Gasteiger partial charge in [-0.05, 0) is 61.6 Å². The second-order valence-electron chi connectivity index (χ2n) is 8.78. The number of benzene rings is 2.